The largest absolute Gasteiger partial charge is 0.504 e. The van der Waals surface area contributed by atoms with E-state index in [-0.39, 0.29) is 27.1 Å². The highest BCUT2D eigenvalue weighted by Crippen LogP contribution is 2.62. The van der Waals surface area contributed by atoms with Crippen molar-refractivity contribution in [3.63, 3.8) is 0 Å². The fourth-order valence-corrected chi connectivity index (χ4v) is 5.66. The van der Waals surface area contributed by atoms with Crippen LogP contribution in [0.1, 0.15) is 79.3 Å². The van der Waals surface area contributed by atoms with Gasteiger partial charge in [0, 0.05) is 5.41 Å². The van der Waals surface area contributed by atoms with Crippen LogP contribution in [0.15, 0.2) is 12.1 Å². The highest BCUT2D eigenvalue weighted by Gasteiger charge is 2.57. The molecule has 0 aliphatic heterocycles. The zero-order chi connectivity index (χ0) is 25.3. The smallest absolute Gasteiger partial charge is 0.206 e. The number of aromatic nitrogens is 3. The molecule has 0 radical (unpaired) electrons. The Hall–Kier alpha value is -3.22. The van der Waals surface area contributed by atoms with Gasteiger partial charge in [0.15, 0.2) is 17.1 Å². The van der Waals surface area contributed by atoms with Crippen molar-refractivity contribution in [2.45, 2.75) is 78.6 Å². The van der Waals surface area contributed by atoms with Gasteiger partial charge in [-0.05, 0) is 39.5 Å². The van der Waals surface area contributed by atoms with Crippen molar-refractivity contribution in [1.82, 2.24) is 14.4 Å². The van der Waals surface area contributed by atoms with Crippen LogP contribution >= 0.6 is 0 Å². The molecule has 0 saturated carbocycles. The van der Waals surface area contributed by atoms with E-state index >= 15 is 0 Å². The topological polar surface area (TPSA) is 111 Å². The second-order valence-corrected chi connectivity index (χ2v) is 12.3. The number of imidazole rings is 1. The van der Waals surface area contributed by atoms with E-state index in [0.717, 1.165) is 11.0 Å². The van der Waals surface area contributed by atoms with E-state index < -0.39 is 28.4 Å². The number of aromatic hydroxyl groups is 4. The summed E-state index contributed by atoms with van der Waals surface area (Å²) < 4.78 is 1.90. The molecular formula is C27H33N3O4. The normalized spacial score (nSPS) is 18.7. The molecule has 0 spiro atoms. The van der Waals surface area contributed by atoms with Gasteiger partial charge in [-0.3, -0.25) is 4.40 Å². The van der Waals surface area contributed by atoms with Crippen LogP contribution in [0, 0.1) is 5.41 Å². The van der Waals surface area contributed by atoms with Crippen molar-refractivity contribution in [3.05, 3.63) is 29.1 Å². The third-order valence-corrected chi connectivity index (χ3v) is 8.96. The highest BCUT2D eigenvalue weighted by atomic mass is 16.3. The Balaban J connectivity index is 2.05. The van der Waals surface area contributed by atoms with E-state index in [9.17, 15) is 20.4 Å². The minimum Gasteiger partial charge on any atom is -0.504 e. The molecule has 1 aliphatic carbocycles. The summed E-state index contributed by atoms with van der Waals surface area (Å²) in [6.07, 6.45) is 0. The Morgan fingerprint density at radius 1 is 0.735 bits per heavy atom. The lowest BCUT2D eigenvalue weighted by atomic mass is 9.59. The molecule has 5 rings (SSSR count). The maximum atomic E-state index is 10.8. The average Bonchev–Trinajstić information content (AvgIpc) is 3.15. The van der Waals surface area contributed by atoms with Gasteiger partial charge in [0.05, 0.1) is 16.4 Å². The summed E-state index contributed by atoms with van der Waals surface area (Å²) in [5.41, 5.74) is 3.76. The Labute approximate surface area is 198 Å². The molecule has 2 aromatic carbocycles. The average molecular weight is 464 g/mol. The van der Waals surface area contributed by atoms with Crippen LogP contribution in [0.25, 0.3) is 27.6 Å². The lowest BCUT2D eigenvalue weighted by Gasteiger charge is -2.44. The molecule has 0 atom stereocenters. The molecule has 0 amide bonds. The molecular weight excluding hydrogens is 430 g/mol. The third kappa shape index (κ3) is 2.37. The predicted molar refractivity (Wildman–Crippen MR) is 133 cm³/mol. The number of nitrogens with zero attached hydrogens (tertiary/aromatic N) is 3. The summed E-state index contributed by atoms with van der Waals surface area (Å²) in [7, 11) is 0. The molecule has 34 heavy (non-hydrogen) atoms. The third-order valence-electron chi connectivity index (χ3n) is 8.96. The summed E-state index contributed by atoms with van der Waals surface area (Å²) in [6.45, 7) is 19.7. The number of hydrogen-bond donors (Lipinski definition) is 4. The molecule has 2 heterocycles. The molecule has 7 heteroatoms. The van der Waals surface area contributed by atoms with E-state index in [2.05, 4.69) is 58.7 Å². The number of phenols is 4. The van der Waals surface area contributed by atoms with Gasteiger partial charge in [0.1, 0.15) is 11.3 Å². The van der Waals surface area contributed by atoms with E-state index in [1.54, 1.807) is 0 Å². The molecule has 1 aliphatic rings. The van der Waals surface area contributed by atoms with Crippen LogP contribution in [0.5, 0.6) is 23.0 Å². The number of rotatable bonds is 0. The Morgan fingerprint density at radius 3 is 1.82 bits per heavy atom. The van der Waals surface area contributed by atoms with Crippen LogP contribution in [0.3, 0.4) is 0 Å². The zero-order valence-corrected chi connectivity index (χ0v) is 21.3. The van der Waals surface area contributed by atoms with Crippen molar-refractivity contribution in [1.29, 1.82) is 0 Å². The van der Waals surface area contributed by atoms with Crippen LogP contribution < -0.4 is 0 Å². The summed E-state index contributed by atoms with van der Waals surface area (Å²) in [5.74, 6) is -2.13. The fourth-order valence-electron chi connectivity index (χ4n) is 5.66. The van der Waals surface area contributed by atoms with Gasteiger partial charge in [-0.2, -0.15) is 0 Å². The van der Waals surface area contributed by atoms with E-state index in [0.29, 0.717) is 11.5 Å². The second kappa shape index (κ2) is 6.06. The van der Waals surface area contributed by atoms with E-state index in [1.165, 1.54) is 11.1 Å². The summed E-state index contributed by atoms with van der Waals surface area (Å²) in [5, 5.41) is 41.9. The molecule has 4 aromatic rings. The zero-order valence-electron chi connectivity index (χ0n) is 21.3. The number of phenolic OH excluding ortho intramolecular Hbond substituents is 4. The van der Waals surface area contributed by atoms with Gasteiger partial charge in [0.2, 0.25) is 11.5 Å². The lowest BCUT2D eigenvalue weighted by molar-refractivity contribution is 0.125. The van der Waals surface area contributed by atoms with Crippen LogP contribution in [-0.4, -0.2) is 34.8 Å². The Kier molecular flexibility index (Phi) is 4.02. The maximum Gasteiger partial charge on any atom is 0.206 e. The SMILES string of the molecule is CC(C)(C)c1nc2c(O)c(O)c(O)c(O)c2c2nc3cc4c(cc3n12)C(C)(C)C(C)(C)C4(C)C. The number of hydrogen-bond acceptors (Lipinski definition) is 6. The monoisotopic (exact) mass is 463 g/mol. The van der Waals surface area contributed by atoms with E-state index in [4.69, 9.17) is 4.98 Å². The van der Waals surface area contributed by atoms with Crippen LogP contribution in [0.4, 0.5) is 0 Å². The first-order chi connectivity index (χ1) is 15.4. The number of fused-ring (bicyclic) bond motifs is 6. The number of benzene rings is 2. The first-order valence-electron chi connectivity index (χ1n) is 11.6. The molecule has 7 nitrogen and oxygen atoms in total. The van der Waals surface area contributed by atoms with Crippen LogP contribution in [-0.2, 0) is 16.2 Å². The van der Waals surface area contributed by atoms with Gasteiger partial charge in [-0.25, -0.2) is 9.97 Å². The molecule has 180 valence electrons. The van der Waals surface area contributed by atoms with Gasteiger partial charge in [0.25, 0.3) is 0 Å². The van der Waals surface area contributed by atoms with Gasteiger partial charge >= 0.3 is 0 Å². The second-order valence-electron chi connectivity index (χ2n) is 12.3. The predicted octanol–water partition coefficient (Wildman–Crippen LogP) is 5.75. The summed E-state index contributed by atoms with van der Waals surface area (Å²) >= 11 is 0. The van der Waals surface area contributed by atoms with Crippen molar-refractivity contribution in [2.24, 2.45) is 5.41 Å². The molecule has 4 N–H and O–H groups in total. The molecule has 0 bridgehead atoms. The lowest BCUT2D eigenvalue weighted by Crippen LogP contribution is -2.42. The molecule has 0 saturated heterocycles. The van der Waals surface area contributed by atoms with E-state index in [1.807, 2.05) is 25.2 Å². The fraction of sp³-hybridized carbons (Fsp3) is 0.481. The van der Waals surface area contributed by atoms with Crippen molar-refractivity contribution in [2.75, 3.05) is 0 Å². The van der Waals surface area contributed by atoms with Gasteiger partial charge < -0.3 is 20.4 Å². The van der Waals surface area contributed by atoms with Gasteiger partial charge in [-0.15, -0.1) is 0 Å². The minimum atomic E-state index is -0.803. The molecule has 0 unspecified atom stereocenters. The molecule has 0 fully saturated rings. The maximum absolute atomic E-state index is 10.8. The quantitative estimate of drug-likeness (QED) is 0.195. The van der Waals surface area contributed by atoms with Crippen molar-refractivity contribution >= 4 is 27.6 Å². The Morgan fingerprint density at radius 2 is 1.26 bits per heavy atom. The van der Waals surface area contributed by atoms with Crippen molar-refractivity contribution < 1.29 is 20.4 Å². The summed E-state index contributed by atoms with van der Waals surface area (Å²) in [4.78, 5) is 9.58. The Bertz CT molecular complexity index is 1550. The highest BCUT2D eigenvalue weighted by molar-refractivity contribution is 6.06. The van der Waals surface area contributed by atoms with Gasteiger partial charge in [-0.1, -0.05) is 62.3 Å². The van der Waals surface area contributed by atoms with Crippen molar-refractivity contribution in [3.8, 4) is 23.0 Å². The summed E-state index contributed by atoms with van der Waals surface area (Å²) in [6, 6.07) is 4.31. The first-order valence-corrected chi connectivity index (χ1v) is 11.6. The first kappa shape index (κ1) is 22.6. The van der Waals surface area contributed by atoms with Crippen LogP contribution in [0.2, 0.25) is 0 Å². The molecule has 2 aromatic heterocycles. The minimum absolute atomic E-state index is 0.00475. The standard InChI is InChI=1S/C27H33N3O4/c1-24(2,3)23-29-17-16(18(31)20(33)21(34)19(17)32)22-28-14-10-12-13(11-15(14)30(22)23)26(6,7)27(8,9)25(12,4)5/h10-11,31-34H,1-9H3.